The van der Waals surface area contributed by atoms with Crippen molar-refractivity contribution in [2.45, 2.75) is 26.8 Å². The van der Waals surface area contributed by atoms with Gasteiger partial charge in [0.15, 0.2) is 0 Å². The van der Waals surface area contributed by atoms with Crippen LogP contribution in [0.2, 0.25) is 0 Å². The van der Waals surface area contributed by atoms with Crippen LogP contribution in [0.1, 0.15) is 22.4 Å². The fourth-order valence-corrected chi connectivity index (χ4v) is 4.30. The Hall–Kier alpha value is -3.37. The first-order valence-corrected chi connectivity index (χ1v) is 10.9. The van der Waals surface area contributed by atoms with Crippen molar-refractivity contribution in [3.63, 3.8) is 0 Å². The van der Waals surface area contributed by atoms with E-state index in [1.54, 1.807) is 12.1 Å². The fourth-order valence-electron chi connectivity index (χ4n) is 4.30. The first-order valence-electron chi connectivity index (χ1n) is 10.9. The molecular weight excluding hydrogens is 435 g/mol. The van der Waals surface area contributed by atoms with Crippen LogP contribution in [0.25, 0.3) is 21.7 Å². The van der Waals surface area contributed by atoms with Crippen LogP contribution in [0, 0.1) is 19.7 Å². The molecule has 0 bridgehead atoms. The number of ether oxygens (including phenoxy) is 1. The highest BCUT2D eigenvalue weighted by Crippen LogP contribution is 2.32. The third-order valence-corrected chi connectivity index (χ3v) is 6.21. The zero-order chi connectivity index (χ0) is 22.1. The minimum absolute atomic E-state index is 0. The van der Waals surface area contributed by atoms with E-state index in [2.05, 4.69) is 71.9 Å². The first kappa shape index (κ1) is 22.8. The molecule has 0 unspecified atom stereocenters. The normalized spacial score (nSPS) is 11.0. The summed E-state index contributed by atoms with van der Waals surface area (Å²) in [5, 5.41) is 3.65. The zero-order valence-corrected chi connectivity index (χ0v) is 19.5. The van der Waals surface area contributed by atoms with Crippen molar-refractivity contribution in [1.29, 1.82) is 0 Å². The highest BCUT2D eigenvalue weighted by Gasteiger charge is 2.16. The number of nitrogens with zero attached hydrogens (tertiary/aromatic N) is 2. The highest BCUT2D eigenvalue weighted by molar-refractivity contribution is 5.89. The van der Waals surface area contributed by atoms with Crippen LogP contribution in [0.15, 0.2) is 79.0 Å². The van der Waals surface area contributed by atoms with Crippen molar-refractivity contribution in [1.82, 2.24) is 9.55 Å². The number of aryl methyl sites for hydroxylation is 1. The van der Waals surface area contributed by atoms with Gasteiger partial charge in [-0.3, -0.25) is 0 Å². The molecule has 0 saturated heterocycles. The van der Waals surface area contributed by atoms with E-state index >= 15 is 0 Å². The van der Waals surface area contributed by atoms with Crippen LogP contribution in [-0.2, 0) is 13.0 Å². The molecule has 2 aromatic heterocycles. The quantitative estimate of drug-likeness (QED) is 0.272. The molecule has 0 N–H and O–H groups in total. The molecule has 3 nitrogen and oxygen atoms in total. The molecular formula is C28H26ClFN2O. The SMILES string of the molecule is Cc1c(C)n(Cc2ccc3ccccc3c2)c2c(OCCc3ccc(F)cc3)nccc12.Cl. The molecule has 0 amide bonds. The van der Waals surface area contributed by atoms with E-state index in [-0.39, 0.29) is 18.2 Å². The molecule has 168 valence electrons. The molecule has 0 atom stereocenters. The maximum absolute atomic E-state index is 13.2. The average molecular weight is 461 g/mol. The first-order chi connectivity index (χ1) is 15.6. The third-order valence-electron chi connectivity index (χ3n) is 6.21. The van der Waals surface area contributed by atoms with Crippen LogP contribution < -0.4 is 4.74 Å². The van der Waals surface area contributed by atoms with E-state index in [0.29, 0.717) is 18.9 Å². The topological polar surface area (TPSA) is 27.1 Å². The van der Waals surface area contributed by atoms with Gasteiger partial charge in [-0.1, -0.05) is 48.5 Å². The van der Waals surface area contributed by atoms with Crippen molar-refractivity contribution in [2.24, 2.45) is 0 Å². The Bertz CT molecular complexity index is 1410. The fraction of sp³-hybridized carbons (Fsp3) is 0.179. The molecule has 0 aliphatic rings. The van der Waals surface area contributed by atoms with Gasteiger partial charge < -0.3 is 9.30 Å². The van der Waals surface area contributed by atoms with Gasteiger partial charge in [0, 0.05) is 30.2 Å². The van der Waals surface area contributed by atoms with Crippen molar-refractivity contribution in [3.8, 4) is 5.88 Å². The molecule has 0 spiro atoms. The Morgan fingerprint density at radius 1 is 0.879 bits per heavy atom. The van der Waals surface area contributed by atoms with E-state index in [0.717, 1.165) is 23.0 Å². The lowest BCUT2D eigenvalue weighted by Gasteiger charge is -2.13. The van der Waals surface area contributed by atoms with E-state index < -0.39 is 0 Å². The molecule has 3 aromatic carbocycles. The second-order valence-electron chi connectivity index (χ2n) is 8.22. The molecule has 0 aliphatic heterocycles. The van der Waals surface area contributed by atoms with Gasteiger partial charge in [-0.05, 0) is 65.6 Å². The number of benzene rings is 3. The van der Waals surface area contributed by atoms with Crippen molar-refractivity contribution in [2.75, 3.05) is 6.61 Å². The second-order valence-corrected chi connectivity index (χ2v) is 8.22. The van der Waals surface area contributed by atoms with Gasteiger partial charge in [-0.15, -0.1) is 12.4 Å². The van der Waals surface area contributed by atoms with Gasteiger partial charge in [0.25, 0.3) is 0 Å². The summed E-state index contributed by atoms with van der Waals surface area (Å²) in [6.07, 6.45) is 2.50. The molecule has 0 saturated carbocycles. The van der Waals surface area contributed by atoms with Crippen molar-refractivity contribution < 1.29 is 9.13 Å². The van der Waals surface area contributed by atoms with Gasteiger partial charge >= 0.3 is 0 Å². The smallest absolute Gasteiger partial charge is 0.238 e. The Balaban J connectivity index is 0.00000259. The largest absolute Gasteiger partial charge is 0.476 e. The van der Waals surface area contributed by atoms with E-state index in [4.69, 9.17) is 4.74 Å². The lowest BCUT2D eigenvalue weighted by molar-refractivity contribution is 0.312. The summed E-state index contributed by atoms with van der Waals surface area (Å²) >= 11 is 0. The molecule has 5 rings (SSSR count). The van der Waals surface area contributed by atoms with Crippen molar-refractivity contribution in [3.05, 3.63) is 107 Å². The number of fused-ring (bicyclic) bond motifs is 2. The number of hydrogen-bond donors (Lipinski definition) is 0. The van der Waals surface area contributed by atoms with Crippen LogP contribution in [-0.4, -0.2) is 16.2 Å². The monoisotopic (exact) mass is 460 g/mol. The number of hydrogen-bond acceptors (Lipinski definition) is 2. The standard InChI is InChI=1S/C28H25FN2O.ClH/c1-19-20(2)31(18-22-7-10-23-5-3-4-6-24(23)17-22)27-26(19)13-15-30-28(27)32-16-14-21-8-11-25(29)12-9-21;/h3-13,15,17H,14,16,18H2,1-2H3;1H. The Morgan fingerprint density at radius 2 is 1.61 bits per heavy atom. The number of aromatic nitrogens is 2. The summed E-state index contributed by atoms with van der Waals surface area (Å²) < 4.78 is 21.6. The maximum Gasteiger partial charge on any atom is 0.238 e. The number of pyridine rings is 1. The summed E-state index contributed by atoms with van der Waals surface area (Å²) in [6.45, 7) is 5.54. The average Bonchev–Trinajstić information content (AvgIpc) is 3.06. The Labute approximate surface area is 199 Å². The second kappa shape index (κ2) is 9.63. The maximum atomic E-state index is 13.2. The minimum Gasteiger partial charge on any atom is -0.476 e. The Morgan fingerprint density at radius 3 is 2.39 bits per heavy atom. The minimum atomic E-state index is -0.224. The lowest BCUT2D eigenvalue weighted by Crippen LogP contribution is -2.07. The van der Waals surface area contributed by atoms with Gasteiger partial charge in [0.05, 0.1) is 6.61 Å². The van der Waals surface area contributed by atoms with Crippen molar-refractivity contribution >= 4 is 34.1 Å². The van der Waals surface area contributed by atoms with E-state index in [1.165, 1.54) is 39.7 Å². The molecule has 0 aliphatic carbocycles. The predicted octanol–water partition coefficient (Wildman–Crippen LogP) is 7.04. The molecule has 5 aromatic rings. The summed E-state index contributed by atoms with van der Waals surface area (Å²) in [6, 6.07) is 23.7. The molecule has 0 radical (unpaired) electrons. The van der Waals surface area contributed by atoms with Crippen LogP contribution in [0.3, 0.4) is 0 Å². The number of rotatable bonds is 6. The molecule has 0 fully saturated rings. The van der Waals surface area contributed by atoms with Gasteiger partial charge in [-0.2, -0.15) is 0 Å². The van der Waals surface area contributed by atoms with Gasteiger partial charge in [0.1, 0.15) is 11.3 Å². The van der Waals surface area contributed by atoms with Crippen LogP contribution in [0.4, 0.5) is 4.39 Å². The molecule has 2 heterocycles. The molecule has 5 heteroatoms. The summed E-state index contributed by atoms with van der Waals surface area (Å²) in [5.41, 5.74) is 5.76. The third kappa shape index (κ3) is 4.57. The summed E-state index contributed by atoms with van der Waals surface area (Å²) in [7, 11) is 0. The van der Waals surface area contributed by atoms with E-state index in [9.17, 15) is 4.39 Å². The lowest BCUT2D eigenvalue weighted by atomic mass is 10.1. The zero-order valence-electron chi connectivity index (χ0n) is 18.7. The summed E-state index contributed by atoms with van der Waals surface area (Å²) in [4.78, 5) is 4.56. The number of halogens is 2. The predicted molar refractivity (Wildman–Crippen MR) is 135 cm³/mol. The van der Waals surface area contributed by atoms with Crippen LogP contribution >= 0.6 is 12.4 Å². The van der Waals surface area contributed by atoms with Gasteiger partial charge in [-0.25, -0.2) is 9.37 Å². The van der Waals surface area contributed by atoms with Gasteiger partial charge in [0.2, 0.25) is 5.88 Å². The highest BCUT2D eigenvalue weighted by atomic mass is 35.5. The summed E-state index contributed by atoms with van der Waals surface area (Å²) in [5.74, 6) is 0.417. The molecule has 33 heavy (non-hydrogen) atoms. The van der Waals surface area contributed by atoms with Crippen LogP contribution in [0.5, 0.6) is 5.88 Å². The van der Waals surface area contributed by atoms with E-state index in [1.807, 2.05) is 6.20 Å². The Kier molecular flexibility index (Phi) is 6.66.